The SMILES string of the molecule is Cc1nc(C(C(=O)Nc2ccccc2Cl)N2C(=O)NC(C)(C)C2=O)n(C)n1. The lowest BCUT2D eigenvalue weighted by Crippen LogP contribution is -2.44. The molecule has 0 radical (unpaired) electrons. The summed E-state index contributed by atoms with van der Waals surface area (Å²) in [5.41, 5.74) is -0.771. The monoisotopic (exact) mass is 390 g/mol. The van der Waals surface area contributed by atoms with Crippen LogP contribution in [0.25, 0.3) is 0 Å². The van der Waals surface area contributed by atoms with Crippen LogP contribution < -0.4 is 10.6 Å². The minimum atomic E-state index is -1.30. The maximum absolute atomic E-state index is 13.1. The Bertz CT molecular complexity index is 939. The minimum Gasteiger partial charge on any atom is -0.324 e. The van der Waals surface area contributed by atoms with Crippen LogP contribution >= 0.6 is 11.6 Å². The van der Waals surface area contributed by atoms with E-state index >= 15 is 0 Å². The molecule has 1 atom stereocenters. The molecule has 142 valence electrons. The molecule has 0 bridgehead atoms. The number of aryl methyl sites for hydroxylation is 2. The molecule has 2 heterocycles. The Morgan fingerprint density at radius 3 is 2.48 bits per heavy atom. The average Bonchev–Trinajstić information content (AvgIpc) is 3.00. The first kappa shape index (κ1) is 18.8. The Hall–Kier alpha value is -2.94. The normalized spacial score (nSPS) is 17.0. The lowest BCUT2D eigenvalue weighted by molar-refractivity contribution is -0.136. The molecule has 1 aromatic carbocycles. The molecule has 0 spiro atoms. The van der Waals surface area contributed by atoms with Gasteiger partial charge in [0, 0.05) is 7.05 Å². The lowest BCUT2D eigenvalue weighted by Gasteiger charge is -2.24. The number of benzene rings is 1. The van der Waals surface area contributed by atoms with Gasteiger partial charge in [0.2, 0.25) is 0 Å². The summed E-state index contributed by atoms with van der Waals surface area (Å²) in [4.78, 5) is 43.5. The van der Waals surface area contributed by atoms with Crippen LogP contribution in [0.4, 0.5) is 10.5 Å². The largest absolute Gasteiger partial charge is 0.326 e. The third-order valence-electron chi connectivity index (χ3n) is 4.18. The van der Waals surface area contributed by atoms with Crippen LogP contribution in [0, 0.1) is 6.92 Å². The van der Waals surface area contributed by atoms with E-state index in [1.807, 2.05) is 0 Å². The van der Waals surface area contributed by atoms with Crippen molar-refractivity contribution in [3.8, 4) is 0 Å². The number of rotatable bonds is 4. The van der Waals surface area contributed by atoms with E-state index in [1.54, 1.807) is 52.1 Å². The quantitative estimate of drug-likeness (QED) is 0.773. The second kappa shape index (κ2) is 6.66. The second-order valence-electron chi connectivity index (χ2n) is 6.74. The Balaban J connectivity index is 2.05. The van der Waals surface area contributed by atoms with Crippen molar-refractivity contribution in [2.75, 3.05) is 5.32 Å². The number of anilines is 1. The van der Waals surface area contributed by atoms with Gasteiger partial charge in [0.25, 0.3) is 11.8 Å². The summed E-state index contributed by atoms with van der Waals surface area (Å²) in [6, 6.07) is 4.69. The fourth-order valence-corrected chi connectivity index (χ4v) is 3.07. The Morgan fingerprint density at radius 2 is 1.96 bits per heavy atom. The highest BCUT2D eigenvalue weighted by molar-refractivity contribution is 6.33. The van der Waals surface area contributed by atoms with E-state index in [4.69, 9.17) is 11.6 Å². The molecule has 2 aromatic rings. The number of carbonyl (C=O) groups is 3. The van der Waals surface area contributed by atoms with Gasteiger partial charge in [-0.05, 0) is 32.9 Å². The summed E-state index contributed by atoms with van der Waals surface area (Å²) in [7, 11) is 1.59. The molecule has 1 aliphatic heterocycles. The topological polar surface area (TPSA) is 109 Å². The summed E-state index contributed by atoms with van der Waals surface area (Å²) in [6.07, 6.45) is 0. The molecular weight excluding hydrogens is 372 g/mol. The van der Waals surface area contributed by atoms with Crippen molar-refractivity contribution in [2.45, 2.75) is 32.4 Å². The number of hydrogen-bond acceptors (Lipinski definition) is 5. The number of halogens is 1. The number of urea groups is 1. The smallest absolute Gasteiger partial charge is 0.324 e. The molecule has 2 N–H and O–H groups in total. The lowest BCUT2D eigenvalue weighted by atomic mass is 10.1. The highest BCUT2D eigenvalue weighted by Gasteiger charge is 2.51. The van der Waals surface area contributed by atoms with Crippen LogP contribution in [-0.2, 0) is 16.6 Å². The zero-order valence-corrected chi connectivity index (χ0v) is 16.0. The fraction of sp³-hybridized carbons (Fsp3) is 0.353. The maximum Gasteiger partial charge on any atom is 0.326 e. The number of amides is 4. The number of carbonyl (C=O) groups excluding carboxylic acids is 3. The van der Waals surface area contributed by atoms with Crippen LogP contribution in [0.1, 0.15) is 31.5 Å². The van der Waals surface area contributed by atoms with Crippen LogP contribution in [0.15, 0.2) is 24.3 Å². The molecule has 27 heavy (non-hydrogen) atoms. The first-order valence-corrected chi connectivity index (χ1v) is 8.58. The third-order valence-corrected chi connectivity index (χ3v) is 4.51. The van der Waals surface area contributed by atoms with Crippen molar-refractivity contribution in [2.24, 2.45) is 7.05 Å². The van der Waals surface area contributed by atoms with Crippen LogP contribution in [0.3, 0.4) is 0 Å². The van der Waals surface area contributed by atoms with Gasteiger partial charge in [-0.25, -0.2) is 14.7 Å². The van der Waals surface area contributed by atoms with E-state index in [0.717, 1.165) is 4.90 Å². The Morgan fingerprint density at radius 1 is 1.30 bits per heavy atom. The molecule has 10 heteroatoms. The molecule has 1 unspecified atom stereocenters. The second-order valence-corrected chi connectivity index (χ2v) is 7.15. The first-order chi connectivity index (χ1) is 12.6. The predicted molar refractivity (Wildman–Crippen MR) is 98.0 cm³/mol. The van der Waals surface area contributed by atoms with E-state index in [9.17, 15) is 14.4 Å². The molecule has 1 fully saturated rings. The van der Waals surface area contributed by atoms with Crippen molar-refractivity contribution < 1.29 is 14.4 Å². The fourth-order valence-electron chi connectivity index (χ4n) is 2.89. The van der Waals surface area contributed by atoms with E-state index in [-0.39, 0.29) is 5.82 Å². The molecule has 9 nitrogen and oxygen atoms in total. The highest BCUT2D eigenvalue weighted by Crippen LogP contribution is 2.30. The molecule has 1 aromatic heterocycles. The number of para-hydroxylation sites is 1. The van der Waals surface area contributed by atoms with Gasteiger partial charge in [-0.1, -0.05) is 23.7 Å². The van der Waals surface area contributed by atoms with Crippen molar-refractivity contribution in [1.82, 2.24) is 25.0 Å². The summed E-state index contributed by atoms with van der Waals surface area (Å²) in [5, 5.41) is 9.69. The van der Waals surface area contributed by atoms with Crippen molar-refractivity contribution in [3.05, 3.63) is 40.9 Å². The highest BCUT2D eigenvalue weighted by atomic mass is 35.5. The molecule has 1 saturated heterocycles. The van der Waals surface area contributed by atoms with Gasteiger partial charge in [-0.3, -0.25) is 14.3 Å². The van der Waals surface area contributed by atoms with Gasteiger partial charge in [0.15, 0.2) is 11.9 Å². The van der Waals surface area contributed by atoms with Gasteiger partial charge >= 0.3 is 6.03 Å². The van der Waals surface area contributed by atoms with Gasteiger partial charge in [-0.15, -0.1) is 0 Å². The van der Waals surface area contributed by atoms with Gasteiger partial charge in [0.1, 0.15) is 11.4 Å². The Kier molecular flexibility index (Phi) is 4.64. The van der Waals surface area contributed by atoms with E-state index in [2.05, 4.69) is 20.7 Å². The minimum absolute atomic E-state index is 0.165. The van der Waals surface area contributed by atoms with Crippen molar-refractivity contribution in [1.29, 1.82) is 0 Å². The van der Waals surface area contributed by atoms with Crippen LogP contribution in [0.2, 0.25) is 5.02 Å². The third kappa shape index (κ3) is 3.37. The summed E-state index contributed by atoms with van der Waals surface area (Å²) >= 11 is 6.11. The van der Waals surface area contributed by atoms with E-state index < -0.39 is 29.4 Å². The summed E-state index contributed by atoms with van der Waals surface area (Å²) < 4.78 is 1.37. The summed E-state index contributed by atoms with van der Waals surface area (Å²) in [5.74, 6) is -0.583. The van der Waals surface area contributed by atoms with Gasteiger partial charge in [-0.2, -0.15) is 5.10 Å². The van der Waals surface area contributed by atoms with Gasteiger partial charge in [0.05, 0.1) is 10.7 Å². The summed E-state index contributed by atoms with van der Waals surface area (Å²) in [6.45, 7) is 4.79. The van der Waals surface area contributed by atoms with Gasteiger partial charge < -0.3 is 10.6 Å². The van der Waals surface area contributed by atoms with Crippen LogP contribution in [0.5, 0.6) is 0 Å². The average molecular weight is 391 g/mol. The zero-order chi connectivity index (χ0) is 19.9. The van der Waals surface area contributed by atoms with Crippen LogP contribution in [-0.4, -0.2) is 43.0 Å². The number of imide groups is 1. The number of hydrogen-bond donors (Lipinski definition) is 2. The van der Waals surface area contributed by atoms with Crippen molar-refractivity contribution >= 4 is 35.1 Å². The number of nitrogens with zero attached hydrogens (tertiary/aromatic N) is 4. The first-order valence-electron chi connectivity index (χ1n) is 8.20. The molecule has 3 rings (SSSR count). The Labute approximate surface area is 160 Å². The molecular formula is C17H19ClN6O3. The predicted octanol–water partition coefficient (Wildman–Crippen LogP) is 1.79. The molecule has 0 saturated carbocycles. The molecule has 4 amide bonds. The molecule has 1 aliphatic rings. The van der Waals surface area contributed by atoms with Crippen molar-refractivity contribution in [3.63, 3.8) is 0 Å². The standard InChI is InChI=1S/C17H19ClN6O3/c1-9-19-13(23(4)22-9)12(24-15(26)17(2,3)21-16(24)27)14(25)20-11-8-6-5-7-10(11)18/h5-8,12H,1-4H3,(H,20,25)(H,21,27). The molecule has 0 aliphatic carbocycles. The van der Waals surface area contributed by atoms with E-state index in [1.165, 1.54) is 4.68 Å². The number of aromatic nitrogens is 3. The number of nitrogens with one attached hydrogen (secondary N) is 2. The zero-order valence-electron chi connectivity index (χ0n) is 15.3. The van der Waals surface area contributed by atoms with E-state index in [0.29, 0.717) is 16.5 Å². The maximum atomic E-state index is 13.1.